The first kappa shape index (κ1) is 15.2. The van der Waals surface area contributed by atoms with E-state index in [0.717, 1.165) is 17.7 Å². The van der Waals surface area contributed by atoms with Gasteiger partial charge in [-0.25, -0.2) is 8.78 Å². The lowest BCUT2D eigenvalue weighted by molar-refractivity contribution is 0.0949. The summed E-state index contributed by atoms with van der Waals surface area (Å²) in [6.45, 7) is 1.81. The summed E-state index contributed by atoms with van der Waals surface area (Å²) in [7, 11) is 1.31. The van der Waals surface area contributed by atoms with E-state index in [1.54, 1.807) is 24.3 Å². The summed E-state index contributed by atoms with van der Waals surface area (Å²) in [5, 5.41) is 0. The van der Waals surface area contributed by atoms with E-state index in [-0.39, 0.29) is 5.75 Å². The topological polar surface area (TPSA) is 26.3 Å². The van der Waals surface area contributed by atoms with Crippen molar-refractivity contribution in [1.82, 2.24) is 0 Å². The van der Waals surface area contributed by atoms with Crippen molar-refractivity contribution in [3.63, 3.8) is 0 Å². The van der Waals surface area contributed by atoms with Gasteiger partial charge in [-0.15, -0.1) is 0 Å². The Hall–Kier alpha value is -2.23. The van der Waals surface area contributed by atoms with E-state index in [0.29, 0.717) is 6.42 Å². The van der Waals surface area contributed by atoms with Crippen molar-refractivity contribution in [1.29, 1.82) is 0 Å². The van der Waals surface area contributed by atoms with Crippen LogP contribution in [0, 0.1) is 11.6 Å². The number of carbonyl (C=O) groups is 1. The molecule has 0 fully saturated rings. The fourth-order valence-electron chi connectivity index (χ4n) is 2.34. The number of carbonyl (C=O) groups excluding carboxylic acids is 1. The number of halogens is 2. The predicted octanol–water partition coefficient (Wildman–Crippen LogP) is 4.35. The number of ketones is 1. The number of hydrogen-bond acceptors (Lipinski definition) is 2. The second-order valence-electron chi connectivity index (χ2n) is 4.70. The minimum absolute atomic E-state index is 0.0503. The highest BCUT2D eigenvalue weighted by molar-refractivity contribution is 6.01. The van der Waals surface area contributed by atoms with Crippen LogP contribution in [0.15, 0.2) is 42.5 Å². The molecule has 0 amide bonds. The molecule has 1 unspecified atom stereocenters. The third-order valence-electron chi connectivity index (χ3n) is 3.42. The van der Waals surface area contributed by atoms with Crippen LogP contribution in [0.4, 0.5) is 8.78 Å². The van der Waals surface area contributed by atoms with Gasteiger partial charge in [0.25, 0.3) is 0 Å². The van der Waals surface area contributed by atoms with Crippen molar-refractivity contribution in [3.05, 3.63) is 65.2 Å². The zero-order chi connectivity index (χ0) is 15.4. The maximum Gasteiger partial charge on any atom is 0.176 e. The number of rotatable bonds is 5. The van der Waals surface area contributed by atoms with Crippen LogP contribution in [0.5, 0.6) is 5.75 Å². The van der Waals surface area contributed by atoms with E-state index >= 15 is 0 Å². The van der Waals surface area contributed by atoms with E-state index in [1.807, 2.05) is 13.0 Å². The molecule has 4 heteroatoms. The quantitative estimate of drug-likeness (QED) is 0.765. The van der Waals surface area contributed by atoms with Gasteiger partial charge in [0.15, 0.2) is 5.78 Å². The molecule has 0 spiro atoms. The van der Waals surface area contributed by atoms with Gasteiger partial charge in [0, 0.05) is 18.1 Å². The summed E-state index contributed by atoms with van der Waals surface area (Å²) in [6.07, 6.45) is 0.466. The Labute approximate surface area is 122 Å². The monoisotopic (exact) mass is 290 g/mol. The third kappa shape index (κ3) is 3.10. The van der Waals surface area contributed by atoms with Crippen molar-refractivity contribution in [2.45, 2.75) is 19.3 Å². The molecule has 0 saturated heterocycles. The van der Waals surface area contributed by atoms with E-state index in [1.165, 1.54) is 7.11 Å². The van der Waals surface area contributed by atoms with Crippen molar-refractivity contribution in [2.75, 3.05) is 7.11 Å². The minimum Gasteiger partial charge on any atom is -0.497 e. The van der Waals surface area contributed by atoms with Gasteiger partial charge in [-0.1, -0.05) is 37.3 Å². The first-order valence-corrected chi connectivity index (χ1v) is 6.70. The number of hydrogen-bond donors (Lipinski definition) is 0. The lowest BCUT2D eigenvalue weighted by Gasteiger charge is -2.15. The highest BCUT2D eigenvalue weighted by Gasteiger charge is 2.26. The Morgan fingerprint density at radius 2 is 1.71 bits per heavy atom. The Morgan fingerprint density at radius 1 is 1.14 bits per heavy atom. The average molecular weight is 290 g/mol. The predicted molar refractivity (Wildman–Crippen MR) is 76.7 cm³/mol. The molecular formula is C17H16F2O2. The normalized spacial score (nSPS) is 12.0. The van der Waals surface area contributed by atoms with Crippen LogP contribution >= 0.6 is 0 Å². The molecule has 0 aliphatic heterocycles. The average Bonchev–Trinajstić information content (AvgIpc) is 2.48. The lowest BCUT2D eigenvalue weighted by atomic mass is 9.88. The zero-order valence-corrected chi connectivity index (χ0v) is 11.9. The second-order valence-corrected chi connectivity index (χ2v) is 4.70. The highest BCUT2D eigenvalue weighted by atomic mass is 19.1. The summed E-state index contributed by atoms with van der Waals surface area (Å²) in [5.74, 6) is -2.86. The fourth-order valence-corrected chi connectivity index (χ4v) is 2.34. The number of Topliss-reactive ketones (excluding diaryl/α,β-unsaturated/α-hetero) is 1. The molecular weight excluding hydrogens is 274 g/mol. The number of ether oxygens (including phenoxy) is 1. The van der Waals surface area contributed by atoms with Crippen LogP contribution < -0.4 is 4.74 Å². The van der Waals surface area contributed by atoms with E-state index < -0.39 is 28.9 Å². The van der Waals surface area contributed by atoms with Crippen LogP contribution in [-0.4, -0.2) is 12.9 Å². The van der Waals surface area contributed by atoms with Crippen molar-refractivity contribution in [2.24, 2.45) is 0 Å². The van der Waals surface area contributed by atoms with Crippen molar-refractivity contribution >= 4 is 5.78 Å². The van der Waals surface area contributed by atoms with Gasteiger partial charge in [0.1, 0.15) is 17.4 Å². The van der Waals surface area contributed by atoms with Crippen LogP contribution in [0.25, 0.3) is 0 Å². The van der Waals surface area contributed by atoms with E-state index in [2.05, 4.69) is 0 Å². The van der Waals surface area contributed by atoms with Crippen LogP contribution in [-0.2, 0) is 0 Å². The second kappa shape index (κ2) is 6.48. The molecule has 0 bridgehead atoms. The Morgan fingerprint density at radius 3 is 2.19 bits per heavy atom. The lowest BCUT2D eigenvalue weighted by Crippen LogP contribution is -2.16. The van der Waals surface area contributed by atoms with E-state index in [9.17, 15) is 13.6 Å². The molecule has 0 aliphatic rings. The van der Waals surface area contributed by atoms with Crippen LogP contribution in [0.1, 0.15) is 35.2 Å². The van der Waals surface area contributed by atoms with Gasteiger partial charge in [-0.2, -0.15) is 0 Å². The molecule has 0 heterocycles. The maximum absolute atomic E-state index is 14.0. The van der Waals surface area contributed by atoms with Gasteiger partial charge in [-0.05, 0) is 12.0 Å². The largest absolute Gasteiger partial charge is 0.497 e. The molecule has 2 nitrogen and oxygen atoms in total. The summed E-state index contributed by atoms with van der Waals surface area (Å²) in [6, 6.07) is 11.0. The highest BCUT2D eigenvalue weighted by Crippen LogP contribution is 2.28. The molecule has 0 N–H and O–H groups in total. The molecule has 2 rings (SSSR count). The van der Waals surface area contributed by atoms with Crippen molar-refractivity contribution in [3.8, 4) is 5.75 Å². The van der Waals surface area contributed by atoms with Gasteiger partial charge in [0.2, 0.25) is 0 Å². The van der Waals surface area contributed by atoms with Gasteiger partial charge >= 0.3 is 0 Å². The fraction of sp³-hybridized carbons (Fsp3) is 0.235. The molecule has 0 radical (unpaired) electrons. The molecule has 1 atom stereocenters. The molecule has 0 aliphatic carbocycles. The standard InChI is InChI=1S/C17H16F2O2/c1-3-13(11-7-5-4-6-8-11)17(20)16-14(18)9-12(21-2)10-15(16)19/h4-10,13H,3H2,1-2H3. The van der Waals surface area contributed by atoms with Gasteiger partial charge < -0.3 is 4.74 Å². The molecule has 110 valence electrons. The van der Waals surface area contributed by atoms with Crippen LogP contribution in [0.2, 0.25) is 0 Å². The smallest absolute Gasteiger partial charge is 0.176 e. The summed E-state index contributed by atoms with van der Waals surface area (Å²) < 4.78 is 32.8. The molecule has 2 aromatic carbocycles. The SMILES string of the molecule is CCC(C(=O)c1c(F)cc(OC)cc1F)c1ccccc1. The maximum atomic E-state index is 14.0. The molecule has 0 aromatic heterocycles. The Bertz CT molecular complexity index is 615. The Kier molecular flexibility index (Phi) is 4.68. The van der Waals surface area contributed by atoms with Crippen molar-refractivity contribution < 1.29 is 18.3 Å². The Balaban J connectivity index is 2.44. The van der Waals surface area contributed by atoms with Gasteiger partial charge in [-0.3, -0.25) is 4.79 Å². The first-order valence-electron chi connectivity index (χ1n) is 6.70. The van der Waals surface area contributed by atoms with Crippen LogP contribution in [0.3, 0.4) is 0 Å². The summed E-state index contributed by atoms with van der Waals surface area (Å²) in [4.78, 5) is 12.5. The van der Waals surface area contributed by atoms with E-state index in [4.69, 9.17) is 4.74 Å². The molecule has 0 saturated carbocycles. The molecule has 2 aromatic rings. The molecule has 21 heavy (non-hydrogen) atoms. The minimum atomic E-state index is -0.897. The van der Waals surface area contributed by atoms with Gasteiger partial charge in [0.05, 0.1) is 12.7 Å². The first-order chi connectivity index (χ1) is 10.1. The number of methoxy groups -OCH3 is 1. The number of benzene rings is 2. The zero-order valence-electron chi connectivity index (χ0n) is 11.9. The summed E-state index contributed by atoms with van der Waals surface area (Å²) in [5.41, 5.74) is 0.242. The third-order valence-corrected chi connectivity index (χ3v) is 3.42. The summed E-state index contributed by atoms with van der Waals surface area (Å²) >= 11 is 0.